The third kappa shape index (κ3) is 2.34. The van der Waals surface area contributed by atoms with Crippen molar-refractivity contribution in [3.05, 3.63) is 70.2 Å². The summed E-state index contributed by atoms with van der Waals surface area (Å²) in [4.78, 5) is 0. The Hall–Kier alpha value is -1.41. The van der Waals surface area contributed by atoms with Crippen molar-refractivity contribution in [2.24, 2.45) is 0 Å². The fraction of sp³-hybridized carbons (Fsp3) is 0. The average molecular weight is 260 g/mol. The van der Waals surface area contributed by atoms with E-state index < -0.39 is 0 Å². The molecule has 2 aromatic carbocycles. The van der Waals surface area contributed by atoms with E-state index in [0.29, 0.717) is 5.71 Å². The van der Waals surface area contributed by atoms with Gasteiger partial charge in [-0.05, 0) is 17.7 Å². The smallest absolute Gasteiger partial charge is 0.0684 e. The van der Waals surface area contributed by atoms with Gasteiger partial charge in [-0.15, -0.1) is 0 Å². The van der Waals surface area contributed by atoms with Crippen molar-refractivity contribution in [2.75, 3.05) is 0 Å². The van der Waals surface area contributed by atoms with Crippen molar-refractivity contribution < 1.29 is 0 Å². The van der Waals surface area contributed by atoms with E-state index in [9.17, 15) is 0 Å². The summed E-state index contributed by atoms with van der Waals surface area (Å²) in [7, 11) is 0. The van der Waals surface area contributed by atoms with Gasteiger partial charge in [-0.2, -0.15) is 0 Å². The van der Waals surface area contributed by atoms with Crippen LogP contribution in [0.5, 0.6) is 0 Å². The van der Waals surface area contributed by atoms with Gasteiger partial charge in [-0.25, -0.2) is 0 Å². The number of hydrogen-bond donors (Lipinski definition) is 1. The normalized spacial score (nSPS) is 9.93. The number of rotatable bonds is 2. The van der Waals surface area contributed by atoms with Crippen molar-refractivity contribution in [1.82, 2.24) is 0 Å². The zero-order valence-corrected chi connectivity index (χ0v) is 9.66. The maximum Gasteiger partial charge on any atom is 0.0684 e. The first-order valence-corrected chi connectivity index (χ1v) is 5.46. The van der Waals surface area contributed by atoms with Crippen LogP contribution in [0.4, 0.5) is 0 Å². The number of benzene rings is 2. The van der Waals surface area contributed by atoms with Gasteiger partial charge in [0.2, 0.25) is 0 Å². The third-order valence-electron chi connectivity index (χ3n) is 2.20. The lowest BCUT2D eigenvalue weighted by molar-refractivity contribution is 1.45. The summed E-state index contributed by atoms with van der Waals surface area (Å²) in [6.07, 6.45) is 0. The molecule has 0 aliphatic rings. The summed E-state index contributed by atoms with van der Waals surface area (Å²) in [6.45, 7) is 0. The molecule has 0 amide bonds. The number of halogens is 1. The van der Waals surface area contributed by atoms with Gasteiger partial charge < -0.3 is 0 Å². The highest BCUT2D eigenvalue weighted by Crippen LogP contribution is 2.13. The predicted molar refractivity (Wildman–Crippen MR) is 66.5 cm³/mol. The molecule has 1 N–H and O–H groups in total. The molecular weight excluding hydrogens is 250 g/mol. The van der Waals surface area contributed by atoms with Crippen LogP contribution in [0.3, 0.4) is 0 Å². The standard InChI is InChI=1S/C13H10BrN/c14-12-8-6-11(7-9-12)13(15)10-4-2-1-3-5-10/h1-9,15H. The number of nitrogens with one attached hydrogen (secondary N) is 1. The summed E-state index contributed by atoms with van der Waals surface area (Å²) in [6, 6.07) is 17.5. The minimum absolute atomic E-state index is 0.558. The highest BCUT2D eigenvalue weighted by molar-refractivity contribution is 9.10. The van der Waals surface area contributed by atoms with Crippen molar-refractivity contribution in [3.63, 3.8) is 0 Å². The van der Waals surface area contributed by atoms with Crippen LogP contribution < -0.4 is 0 Å². The molecule has 0 radical (unpaired) electrons. The maximum atomic E-state index is 8.03. The number of hydrogen-bond acceptors (Lipinski definition) is 1. The second kappa shape index (κ2) is 4.41. The van der Waals surface area contributed by atoms with Gasteiger partial charge in [0, 0.05) is 10.0 Å². The molecule has 74 valence electrons. The minimum Gasteiger partial charge on any atom is -0.300 e. The van der Waals surface area contributed by atoms with Crippen molar-refractivity contribution in [2.45, 2.75) is 0 Å². The Balaban J connectivity index is 2.33. The molecular formula is C13H10BrN. The summed E-state index contributed by atoms with van der Waals surface area (Å²) >= 11 is 3.38. The first-order valence-electron chi connectivity index (χ1n) is 4.67. The fourth-order valence-electron chi connectivity index (χ4n) is 1.39. The van der Waals surface area contributed by atoms with Gasteiger partial charge in [0.15, 0.2) is 0 Å². The average Bonchev–Trinajstić information content (AvgIpc) is 2.30. The van der Waals surface area contributed by atoms with Gasteiger partial charge in [-0.1, -0.05) is 58.4 Å². The molecule has 0 aliphatic carbocycles. The first kappa shape index (κ1) is 10.1. The molecule has 2 aromatic rings. The van der Waals surface area contributed by atoms with Crippen molar-refractivity contribution >= 4 is 21.6 Å². The van der Waals surface area contributed by atoms with Gasteiger partial charge in [0.05, 0.1) is 5.71 Å². The lowest BCUT2D eigenvalue weighted by atomic mass is 10.0. The van der Waals surface area contributed by atoms with Crippen LogP contribution in [0, 0.1) is 5.41 Å². The molecule has 0 atom stereocenters. The summed E-state index contributed by atoms with van der Waals surface area (Å²) in [5, 5.41) is 8.03. The van der Waals surface area contributed by atoms with E-state index in [1.54, 1.807) is 0 Å². The quantitative estimate of drug-likeness (QED) is 0.793. The topological polar surface area (TPSA) is 23.9 Å². The van der Waals surface area contributed by atoms with Crippen LogP contribution in [0.1, 0.15) is 11.1 Å². The Kier molecular flexibility index (Phi) is 2.97. The monoisotopic (exact) mass is 259 g/mol. The molecule has 0 bridgehead atoms. The second-order valence-electron chi connectivity index (χ2n) is 3.25. The predicted octanol–water partition coefficient (Wildman–Crippen LogP) is 3.87. The van der Waals surface area contributed by atoms with Crippen molar-refractivity contribution in [3.8, 4) is 0 Å². The first-order chi connectivity index (χ1) is 7.27. The lowest BCUT2D eigenvalue weighted by Crippen LogP contribution is -2.00. The van der Waals surface area contributed by atoms with E-state index in [1.807, 2.05) is 54.6 Å². The van der Waals surface area contributed by atoms with Crippen LogP contribution in [0.2, 0.25) is 0 Å². The fourth-order valence-corrected chi connectivity index (χ4v) is 1.65. The maximum absolute atomic E-state index is 8.03. The molecule has 2 heteroatoms. The molecule has 15 heavy (non-hydrogen) atoms. The Bertz CT molecular complexity index is 460. The van der Waals surface area contributed by atoms with Gasteiger partial charge in [0.25, 0.3) is 0 Å². The SMILES string of the molecule is N=C(c1ccccc1)c1ccc(Br)cc1. The van der Waals surface area contributed by atoms with Crippen LogP contribution in [-0.4, -0.2) is 5.71 Å². The highest BCUT2D eigenvalue weighted by atomic mass is 79.9. The van der Waals surface area contributed by atoms with E-state index in [2.05, 4.69) is 15.9 Å². The Morgan fingerprint density at radius 3 is 1.93 bits per heavy atom. The van der Waals surface area contributed by atoms with Gasteiger partial charge in [-0.3, -0.25) is 5.41 Å². The molecule has 0 aromatic heterocycles. The van der Waals surface area contributed by atoms with Crippen LogP contribution in [0.15, 0.2) is 59.1 Å². The van der Waals surface area contributed by atoms with Crippen LogP contribution >= 0.6 is 15.9 Å². The Labute approximate surface area is 97.4 Å². The van der Waals surface area contributed by atoms with E-state index in [-0.39, 0.29) is 0 Å². The molecule has 0 saturated heterocycles. The Morgan fingerprint density at radius 1 is 0.800 bits per heavy atom. The van der Waals surface area contributed by atoms with Crippen LogP contribution in [0.25, 0.3) is 0 Å². The van der Waals surface area contributed by atoms with Crippen molar-refractivity contribution in [1.29, 1.82) is 5.41 Å². The van der Waals surface area contributed by atoms with Crippen LogP contribution in [-0.2, 0) is 0 Å². The third-order valence-corrected chi connectivity index (χ3v) is 2.72. The molecule has 0 fully saturated rings. The van der Waals surface area contributed by atoms with E-state index in [1.165, 1.54) is 0 Å². The zero-order valence-electron chi connectivity index (χ0n) is 8.07. The Morgan fingerprint density at radius 2 is 1.33 bits per heavy atom. The molecule has 1 nitrogen and oxygen atoms in total. The van der Waals surface area contributed by atoms with Gasteiger partial charge in [0.1, 0.15) is 0 Å². The molecule has 0 unspecified atom stereocenters. The summed E-state index contributed by atoms with van der Waals surface area (Å²) in [5.74, 6) is 0. The zero-order chi connectivity index (χ0) is 10.7. The second-order valence-corrected chi connectivity index (χ2v) is 4.16. The minimum atomic E-state index is 0.558. The molecule has 2 rings (SSSR count). The summed E-state index contributed by atoms with van der Waals surface area (Å²) in [5.41, 5.74) is 2.44. The molecule has 0 heterocycles. The largest absolute Gasteiger partial charge is 0.300 e. The van der Waals surface area contributed by atoms with E-state index in [0.717, 1.165) is 15.6 Å². The van der Waals surface area contributed by atoms with E-state index in [4.69, 9.17) is 5.41 Å². The summed E-state index contributed by atoms with van der Waals surface area (Å²) < 4.78 is 1.03. The lowest BCUT2D eigenvalue weighted by Gasteiger charge is -2.03. The van der Waals surface area contributed by atoms with E-state index >= 15 is 0 Å². The van der Waals surface area contributed by atoms with Gasteiger partial charge >= 0.3 is 0 Å². The molecule has 0 spiro atoms. The highest BCUT2D eigenvalue weighted by Gasteiger charge is 2.02. The molecule has 0 aliphatic heterocycles. The molecule has 0 saturated carbocycles.